The molecule has 36 heavy (non-hydrogen) atoms. The van der Waals surface area contributed by atoms with Gasteiger partial charge in [0, 0.05) is 34.5 Å². The van der Waals surface area contributed by atoms with Crippen molar-refractivity contribution in [1.29, 1.82) is 0 Å². The Morgan fingerprint density at radius 3 is 2.44 bits per heavy atom. The molecular weight excluding hydrogens is 487 g/mol. The Labute approximate surface area is 215 Å². The molecule has 14 heteroatoms. The summed E-state index contributed by atoms with van der Waals surface area (Å²) in [6, 6.07) is 7.50. The smallest absolute Gasteiger partial charge is 0.348 e. The van der Waals surface area contributed by atoms with Gasteiger partial charge in [-0.1, -0.05) is 41.3 Å². The second kappa shape index (κ2) is 9.42. The molecule has 2 aromatic rings. The third-order valence-corrected chi connectivity index (χ3v) is 7.36. The van der Waals surface area contributed by atoms with Gasteiger partial charge in [-0.3, -0.25) is 24.5 Å². The number of rotatable bonds is 5. The highest BCUT2D eigenvalue weighted by Gasteiger charge is 2.45. The molecule has 1 fully saturated rings. The van der Waals surface area contributed by atoms with E-state index in [0.717, 1.165) is 16.9 Å². The Balaban J connectivity index is 1.61. The molecule has 4 amide bonds. The van der Waals surface area contributed by atoms with E-state index in [1.807, 2.05) is 0 Å². The number of halogens is 3. The van der Waals surface area contributed by atoms with Crippen molar-refractivity contribution in [3.63, 3.8) is 0 Å². The van der Waals surface area contributed by atoms with Gasteiger partial charge in [0.2, 0.25) is 19.8 Å². The second-order valence-electron chi connectivity index (χ2n) is 9.33. The van der Waals surface area contributed by atoms with Crippen LogP contribution in [0.15, 0.2) is 36.4 Å². The first-order chi connectivity index (χ1) is 16.8. The maximum absolute atomic E-state index is 15.0. The van der Waals surface area contributed by atoms with Gasteiger partial charge in [-0.15, -0.1) is 0 Å². The topological polar surface area (TPSA) is 86.8 Å². The molecule has 0 spiro atoms. The van der Waals surface area contributed by atoms with Crippen molar-refractivity contribution in [2.75, 3.05) is 0 Å². The molecular formula is C22H22B4ClF2N3O4. The van der Waals surface area contributed by atoms with Gasteiger partial charge in [-0.25, -0.2) is 0 Å². The number of benzene rings is 2. The molecule has 1 saturated heterocycles. The standard InChI is InChI=1S/C22H22B4ClF2N3O4/c23-13-8-9(17(24)32(26)21(36)22(28,29)10-1-3-11(27)4-2-10)7-12-16(13)20(35)31(18(12)25)14-5-6-15(33)30-19(14)34/h1-4,7-8,14,17-18H,5-6,23-26H2,(H,30,33,34). The van der Waals surface area contributed by atoms with Crippen molar-refractivity contribution < 1.29 is 28.0 Å². The van der Waals surface area contributed by atoms with Crippen molar-refractivity contribution >= 4 is 72.2 Å². The van der Waals surface area contributed by atoms with E-state index in [2.05, 4.69) is 5.32 Å². The van der Waals surface area contributed by atoms with E-state index < -0.39 is 41.2 Å². The van der Waals surface area contributed by atoms with Crippen LogP contribution in [0.3, 0.4) is 0 Å². The number of nitrogens with zero attached hydrogens (tertiary/aromatic N) is 2. The van der Waals surface area contributed by atoms with Crippen molar-refractivity contribution in [3.05, 3.63) is 63.7 Å². The largest absolute Gasteiger partial charge is 0.389 e. The van der Waals surface area contributed by atoms with Gasteiger partial charge >= 0.3 is 5.92 Å². The molecule has 4 rings (SSSR count). The number of fused-ring (bicyclic) bond motifs is 1. The molecule has 2 heterocycles. The lowest BCUT2D eigenvalue weighted by atomic mass is 9.76. The Bertz CT molecular complexity index is 1280. The Morgan fingerprint density at radius 1 is 1.19 bits per heavy atom. The van der Waals surface area contributed by atoms with E-state index in [0.29, 0.717) is 22.2 Å². The van der Waals surface area contributed by atoms with E-state index in [-0.39, 0.29) is 29.7 Å². The monoisotopic (exact) mass is 509 g/mol. The van der Waals surface area contributed by atoms with Gasteiger partial charge in [-0.2, -0.15) is 8.78 Å². The maximum atomic E-state index is 15.0. The van der Waals surface area contributed by atoms with Crippen molar-refractivity contribution in [1.82, 2.24) is 15.0 Å². The molecule has 0 aromatic heterocycles. The van der Waals surface area contributed by atoms with Crippen molar-refractivity contribution in [3.8, 4) is 0 Å². The van der Waals surface area contributed by atoms with Crippen LogP contribution in [0.5, 0.6) is 0 Å². The molecule has 3 atom stereocenters. The molecule has 0 saturated carbocycles. The SMILES string of the molecule is Bc1cc(C(B)N(B)C(=O)C(F)(F)c2ccc(Cl)cc2)cc2c1C(=O)N(C1CCC(=O)NC1=O)C2B. The van der Waals surface area contributed by atoms with E-state index in [1.165, 1.54) is 25.0 Å². The summed E-state index contributed by atoms with van der Waals surface area (Å²) < 4.78 is 30.0. The highest BCUT2D eigenvalue weighted by atomic mass is 35.5. The summed E-state index contributed by atoms with van der Waals surface area (Å²) in [7, 11) is 6.46. The summed E-state index contributed by atoms with van der Waals surface area (Å²) in [6.07, 6.45) is 0.368. The number of imide groups is 1. The maximum Gasteiger partial charge on any atom is 0.348 e. The number of alkyl halides is 2. The highest BCUT2D eigenvalue weighted by molar-refractivity contribution is 6.38. The molecule has 182 valence electrons. The average Bonchev–Trinajstić information content (AvgIpc) is 3.08. The van der Waals surface area contributed by atoms with E-state index in [4.69, 9.17) is 11.6 Å². The number of carbonyl (C=O) groups is 4. The zero-order valence-corrected chi connectivity index (χ0v) is 21.0. The van der Waals surface area contributed by atoms with Gasteiger partial charge in [0.25, 0.3) is 11.8 Å². The van der Waals surface area contributed by atoms with Crippen LogP contribution in [0.4, 0.5) is 8.78 Å². The number of carbonyl (C=O) groups excluding carboxylic acids is 4. The van der Waals surface area contributed by atoms with Crippen LogP contribution in [0.2, 0.25) is 5.02 Å². The summed E-state index contributed by atoms with van der Waals surface area (Å²) in [4.78, 5) is 52.6. The zero-order chi connectivity index (χ0) is 26.5. The van der Waals surface area contributed by atoms with Crippen molar-refractivity contribution in [2.24, 2.45) is 0 Å². The van der Waals surface area contributed by atoms with Gasteiger partial charge in [0.1, 0.15) is 29.6 Å². The Kier molecular flexibility index (Phi) is 6.81. The number of hydrogen-bond donors (Lipinski definition) is 1. The molecule has 3 unspecified atom stereocenters. The van der Waals surface area contributed by atoms with Crippen LogP contribution in [0, 0.1) is 0 Å². The first-order valence-corrected chi connectivity index (χ1v) is 11.9. The number of nitrogens with one attached hydrogen (secondary N) is 1. The fraction of sp³-hybridized carbons (Fsp3) is 0.273. The lowest BCUT2D eigenvalue weighted by Crippen LogP contribution is -2.53. The number of piperidine rings is 1. The van der Waals surface area contributed by atoms with Gasteiger partial charge in [0.05, 0.1) is 0 Å². The summed E-state index contributed by atoms with van der Waals surface area (Å²) in [5, 5.41) is 2.57. The summed E-state index contributed by atoms with van der Waals surface area (Å²) in [6.45, 7) is 0. The number of amides is 4. The first-order valence-electron chi connectivity index (χ1n) is 11.6. The van der Waals surface area contributed by atoms with Crippen LogP contribution in [0.1, 0.15) is 51.8 Å². The lowest BCUT2D eigenvalue weighted by Gasteiger charge is -2.33. The molecule has 0 radical (unpaired) electrons. The second-order valence-corrected chi connectivity index (χ2v) is 9.77. The molecule has 0 bridgehead atoms. The van der Waals surface area contributed by atoms with Crippen LogP contribution >= 0.6 is 11.6 Å². The molecule has 2 aromatic carbocycles. The Morgan fingerprint density at radius 2 is 1.83 bits per heavy atom. The lowest BCUT2D eigenvalue weighted by molar-refractivity contribution is -0.154. The quantitative estimate of drug-likeness (QED) is 0.385. The van der Waals surface area contributed by atoms with E-state index >= 15 is 0 Å². The summed E-state index contributed by atoms with van der Waals surface area (Å²) >= 11 is 5.79. The van der Waals surface area contributed by atoms with Crippen LogP contribution < -0.4 is 10.8 Å². The fourth-order valence-electron chi connectivity index (χ4n) is 4.92. The predicted molar refractivity (Wildman–Crippen MR) is 140 cm³/mol. The normalized spacial score (nSPS) is 20.6. The summed E-state index contributed by atoms with van der Waals surface area (Å²) in [5.74, 6) is -7.54. The summed E-state index contributed by atoms with van der Waals surface area (Å²) in [5.41, 5.74) is 1.84. The highest BCUT2D eigenvalue weighted by Crippen LogP contribution is 2.37. The van der Waals surface area contributed by atoms with Gasteiger partial charge < -0.3 is 9.71 Å². The number of hydrogen-bond acceptors (Lipinski definition) is 4. The van der Waals surface area contributed by atoms with Crippen molar-refractivity contribution in [2.45, 2.75) is 36.7 Å². The zero-order valence-electron chi connectivity index (χ0n) is 20.3. The van der Waals surface area contributed by atoms with E-state index in [9.17, 15) is 28.0 Å². The van der Waals surface area contributed by atoms with Gasteiger partial charge in [-0.05, 0) is 29.7 Å². The van der Waals surface area contributed by atoms with E-state index in [1.54, 1.807) is 35.7 Å². The third-order valence-electron chi connectivity index (χ3n) is 7.11. The minimum absolute atomic E-state index is 0.138. The molecule has 7 nitrogen and oxygen atoms in total. The molecule has 2 aliphatic heterocycles. The molecule has 0 aliphatic carbocycles. The minimum Gasteiger partial charge on any atom is -0.389 e. The van der Waals surface area contributed by atoms with Crippen LogP contribution in [-0.2, 0) is 20.3 Å². The molecule has 2 aliphatic rings. The van der Waals surface area contributed by atoms with Gasteiger partial charge in [0.15, 0.2) is 0 Å². The van der Waals surface area contributed by atoms with Crippen LogP contribution in [-0.4, -0.2) is 70.9 Å². The Hall–Kier alpha value is -3.07. The third kappa shape index (κ3) is 4.34. The average molecular weight is 509 g/mol. The fourth-order valence-corrected chi connectivity index (χ4v) is 5.05. The minimum atomic E-state index is -3.76. The van der Waals surface area contributed by atoms with Crippen LogP contribution in [0.25, 0.3) is 0 Å². The molecule has 1 N–H and O–H groups in total. The predicted octanol–water partition coefficient (Wildman–Crippen LogP) is -1.71. The first kappa shape index (κ1) is 26.0.